The number of sulfonamides is 1. The van der Waals surface area contributed by atoms with Gasteiger partial charge in [0.15, 0.2) is 0 Å². The van der Waals surface area contributed by atoms with Gasteiger partial charge in [-0.15, -0.1) is 0 Å². The summed E-state index contributed by atoms with van der Waals surface area (Å²) in [5, 5.41) is 2.80. The first-order valence-corrected chi connectivity index (χ1v) is 11.5. The molecule has 0 saturated carbocycles. The summed E-state index contributed by atoms with van der Waals surface area (Å²) < 4.78 is 38.3. The molecule has 0 radical (unpaired) electrons. The highest BCUT2D eigenvalue weighted by Gasteiger charge is 2.16. The number of hydrogen-bond acceptors (Lipinski definition) is 6. The minimum absolute atomic E-state index is 0.157. The standard InChI is InChI=1S/C23H25N3O5S/c1-17-6-12-20(13-7-17)32(28,29)26-18-8-10-19(11-9-18)31-23-21(5-3-14-25-23)22(27)24-15-4-16-30-2/h3,5-14,26H,4,15-16H2,1-2H3,(H,24,27). The molecular formula is C23H25N3O5S. The lowest BCUT2D eigenvalue weighted by atomic mass is 10.2. The van der Waals surface area contributed by atoms with E-state index in [0.717, 1.165) is 5.56 Å². The quantitative estimate of drug-likeness (QED) is 0.451. The van der Waals surface area contributed by atoms with Crippen molar-refractivity contribution < 1.29 is 22.7 Å². The van der Waals surface area contributed by atoms with Crippen molar-refractivity contribution in [2.75, 3.05) is 25.0 Å². The Labute approximate surface area is 187 Å². The van der Waals surface area contributed by atoms with Crippen LogP contribution < -0.4 is 14.8 Å². The van der Waals surface area contributed by atoms with Gasteiger partial charge in [0.25, 0.3) is 15.9 Å². The van der Waals surface area contributed by atoms with Crippen molar-refractivity contribution in [1.29, 1.82) is 0 Å². The summed E-state index contributed by atoms with van der Waals surface area (Å²) >= 11 is 0. The van der Waals surface area contributed by atoms with E-state index in [0.29, 0.717) is 36.6 Å². The second-order valence-electron chi connectivity index (χ2n) is 7.00. The number of nitrogens with one attached hydrogen (secondary N) is 2. The van der Waals surface area contributed by atoms with Gasteiger partial charge in [-0.3, -0.25) is 9.52 Å². The van der Waals surface area contributed by atoms with Crippen molar-refractivity contribution in [1.82, 2.24) is 10.3 Å². The van der Waals surface area contributed by atoms with Crippen molar-refractivity contribution in [2.45, 2.75) is 18.2 Å². The molecule has 0 bridgehead atoms. The minimum atomic E-state index is -3.70. The number of aromatic nitrogens is 1. The molecule has 0 aliphatic carbocycles. The van der Waals surface area contributed by atoms with E-state index in [4.69, 9.17) is 9.47 Å². The van der Waals surface area contributed by atoms with Crippen LogP contribution in [0.4, 0.5) is 5.69 Å². The number of rotatable bonds is 10. The Balaban J connectivity index is 1.67. The molecule has 0 atom stereocenters. The van der Waals surface area contributed by atoms with Crippen molar-refractivity contribution in [3.05, 3.63) is 78.0 Å². The van der Waals surface area contributed by atoms with Gasteiger partial charge in [-0.25, -0.2) is 13.4 Å². The van der Waals surface area contributed by atoms with E-state index in [1.54, 1.807) is 67.8 Å². The van der Waals surface area contributed by atoms with Crippen molar-refractivity contribution >= 4 is 21.6 Å². The van der Waals surface area contributed by atoms with Crippen LogP contribution in [0.25, 0.3) is 0 Å². The molecule has 1 aromatic heterocycles. The van der Waals surface area contributed by atoms with Gasteiger partial charge in [-0.1, -0.05) is 17.7 Å². The van der Waals surface area contributed by atoms with Crippen molar-refractivity contribution in [3.63, 3.8) is 0 Å². The third kappa shape index (κ3) is 6.29. The summed E-state index contributed by atoms with van der Waals surface area (Å²) in [5.74, 6) is 0.270. The van der Waals surface area contributed by atoms with Gasteiger partial charge in [-0.05, 0) is 61.9 Å². The maximum Gasteiger partial charge on any atom is 0.261 e. The molecule has 1 amide bonds. The lowest BCUT2D eigenvalue weighted by Gasteiger charge is -2.12. The molecule has 1 heterocycles. The zero-order valence-electron chi connectivity index (χ0n) is 17.9. The fourth-order valence-electron chi connectivity index (χ4n) is 2.79. The molecule has 2 N–H and O–H groups in total. The molecular weight excluding hydrogens is 430 g/mol. The molecule has 9 heteroatoms. The second-order valence-corrected chi connectivity index (χ2v) is 8.69. The summed E-state index contributed by atoms with van der Waals surface area (Å²) in [4.78, 5) is 16.8. The Morgan fingerprint density at radius 1 is 1.03 bits per heavy atom. The maximum atomic E-state index is 12.5. The van der Waals surface area contributed by atoms with Gasteiger partial charge in [0, 0.05) is 32.1 Å². The normalized spacial score (nSPS) is 11.1. The van der Waals surface area contributed by atoms with Crippen LogP contribution in [0.5, 0.6) is 11.6 Å². The molecule has 8 nitrogen and oxygen atoms in total. The van der Waals surface area contributed by atoms with E-state index < -0.39 is 10.0 Å². The van der Waals surface area contributed by atoms with Gasteiger partial charge >= 0.3 is 0 Å². The fourth-order valence-corrected chi connectivity index (χ4v) is 3.85. The van der Waals surface area contributed by atoms with Crippen LogP contribution in [0.2, 0.25) is 0 Å². The van der Waals surface area contributed by atoms with E-state index in [9.17, 15) is 13.2 Å². The van der Waals surface area contributed by atoms with E-state index in [1.165, 1.54) is 6.20 Å². The van der Waals surface area contributed by atoms with Gasteiger partial charge in [0.2, 0.25) is 5.88 Å². The van der Waals surface area contributed by atoms with Gasteiger partial charge < -0.3 is 14.8 Å². The smallest absolute Gasteiger partial charge is 0.261 e. The third-order valence-electron chi connectivity index (χ3n) is 4.48. The van der Waals surface area contributed by atoms with Gasteiger partial charge in [-0.2, -0.15) is 0 Å². The molecule has 168 valence electrons. The number of methoxy groups -OCH3 is 1. The lowest BCUT2D eigenvalue weighted by molar-refractivity contribution is 0.0945. The molecule has 0 aliphatic heterocycles. The summed E-state index contributed by atoms with van der Waals surface area (Å²) in [6.07, 6.45) is 2.22. The summed E-state index contributed by atoms with van der Waals surface area (Å²) in [6.45, 7) is 2.91. The fraction of sp³-hybridized carbons (Fsp3) is 0.217. The van der Waals surface area contributed by atoms with Crippen LogP contribution >= 0.6 is 0 Å². The first-order valence-electron chi connectivity index (χ1n) is 9.98. The minimum Gasteiger partial charge on any atom is -0.438 e. The molecule has 3 aromatic rings. The maximum absolute atomic E-state index is 12.5. The lowest BCUT2D eigenvalue weighted by Crippen LogP contribution is -2.25. The molecule has 0 unspecified atom stereocenters. The molecule has 0 fully saturated rings. The highest BCUT2D eigenvalue weighted by molar-refractivity contribution is 7.92. The first-order chi connectivity index (χ1) is 15.4. The number of aryl methyl sites for hydroxylation is 1. The number of hydrogen-bond donors (Lipinski definition) is 2. The van der Waals surface area contributed by atoms with Gasteiger partial charge in [0.05, 0.1) is 4.90 Å². The molecule has 32 heavy (non-hydrogen) atoms. The average Bonchev–Trinajstić information content (AvgIpc) is 2.78. The Hall–Kier alpha value is -3.43. The predicted molar refractivity (Wildman–Crippen MR) is 122 cm³/mol. The average molecular weight is 456 g/mol. The van der Waals surface area contributed by atoms with Crippen molar-refractivity contribution in [2.24, 2.45) is 0 Å². The van der Waals surface area contributed by atoms with E-state index in [-0.39, 0.29) is 16.7 Å². The number of amides is 1. The van der Waals surface area contributed by atoms with Crippen LogP contribution in [-0.4, -0.2) is 39.6 Å². The Bertz CT molecular complexity index is 1150. The summed E-state index contributed by atoms with van der Waals surface area (Å²) in [7, 11) is -2.09. The SMILES string of the molecule is COCCCNC(=O)c1cccnc1Oc1ccc(NS(=O)(=O)c2ccc(C)cc2)cc1. The van der Waals surface area contributed by atoms with Crippen LogP contribution in [0.15, 0.2) is 71.8 Å². The Morgan fingerprint density at radius 3 is 2.44 bits per heavy atom. The van der Waals surface area contributed by atoms with Crippen LogP contribution in [0.1, 0.15) is 22.3 Å². The molecule has 2 aromatic carbocycles. The van der Waals surface area contributed by atoms with E-state index in [2.05, 4.69) is 15.0 Å². The monoisotopic (exact) mass is 455 g/mol. The second kappa shape index (κ2) is 10.7. The number of pyridine rings is 1. The number of nitrogens with zero attached hydrogens (tertiary/aromatic N) is 1. The number of ether oxygens (including phenoxy) is 2. The number of carbonyl (C=O) groups is 1. The van der Waals surface area contributed by atoms with Gasteiger partial charge in [0.1, 0.15) is 11.3 Å². The number of carbonyl (C=O) groups excluding carboxylic acids is 1. The number of anilines is 1. The largest absolute Gasteiger partial charge is 0.438 e. The number of benzene rings is 2. The van der Waals surface area contributed by atoms with E-state index >= 15 is 0 Å². The summed E-state index contributed by atoms with van der Waals surface area (Å²) in [5.41, 5.74) is 1.66. The van der Waals surface area contributed by atoms with Crippen LogP contribution in [0.3, 0.4) is 0 Å². The first kappa shape index (κ1) is 23.2. The zero-order chi connectivity index (χ0) is 23.0. The molecule has 0 saturated heterocycles. The summed E-state index contributed by atoms with van der Waals surface area (Å²) in [6, 6.07) is 16.2. The predicted octanol–water partition coefficient (Wildman–Crippen LogP) is 3.75. The molecule has 3 rings (SSSR count). The van der Waals surface area contributed by atoms with Crippen LogP contribution in [0, 0.1) is 6.92 Å². The van der Waals surface area contributed by atoms with Crippen molar-refractivity contribution in [3.8, 4) is 11.6 Å². The highest BCUT2D eigenvalue weighted by Crippen LogP contribution is 2.25. The third-order valence-corrected chi connectivity index (χ3v) is 5.88. The van der Waals surface area contributed by atoms with E-state index in [1.807, 2.05) is 6.92 Å². The molecule has 0 spiro atoms. The highest BCUT2D eigenvalue weighted by atomic mass is 32.2. The Kier molecular flexibility index (Phi) is 7.80. The molecule has 0 aliphatic rings. The van der Waals surface area contributed by atoms with Crippen LogP contribution in [-0.2, 0) is 14.8 Å². The topological polar surface area (TPSA) is 107 Å². The Morgan fingerprint density at radius 2 is 1.75 bits per heavy atom. The zero-order valence-corrected chi connectivity index (χ0v) is 18.7.